The molecule has 24 heavy (non-hydrogen) atoms. The minimum atomic E-state index is -0.724. The van der Waals surface area contributed by atoms with Gasteiger partial charge in [-0.2, -0.15) is 0 Å². The maximum atomic E-state index is 12.6. The fourth-order valence-corrected chi connectivity index (χ4v) is 3.10. The number of esters is 2. The maximum absolute atomic E-state index is 12.6. The number of thiocarbonyl (C=S) groups is 1. The SMILES string of the molecule is CO[C@@H]1C(=O)N2C(C(=O)OC(C)(C)C)=C(COC(C)=O)CC(=S)C12. The van der Waals surface area contributed by atoms with Gasteiger partial charge in [0.05, 0.1) is 0 Å². The molecular formula is C16H21NO6S. The summed E-state index contributed by atoms with van der Waals surface area (Å²) in [5.74, 6) is -1.48. The predicted octanol–water partition coefficient (Wildman–Crippen LogP) is 1.14. The van der Waals surface area contributed by atoms with Crippen molar-refractivity contribution in [2.24, 2.45) is 0 Å². The average molecular weight is 355 g/mol. The summed E-state index contributed by atoms with van der Waals surface area (Å²) < 4.78 is 15.6. The molecule has 0 spiro atoms. The van der Waals surface area contributed by atoms with Crippen LogP contribution in [0.15, 0.2) is 11.3 Å². The van der Waals surface area contributed by atoms with Gasteiger partial charge >= 0.3 is 11.9 Å². The Labute approximate surface area is 145 Å². The Kier molecular flexibility index (Phi) is 5.10. The highest BCUT2D eigenvalue weighted by atomic mass is 32.1. The first-order valence-electron chi connectivity index (χ1n) is 7.54. The smallest absolute Gasteiger partial charge is 0.355 e. The monoisotopic (exact) mass is 355 g/mol. The third kappa shape index (κ3) is 3.49. The van der Waals surface area contributed by atoms with Crippen LogP contribution in [0.4, 0.5) is 0 Å². The van der Waals surface area contributed by atoms with E-state index in [1.54, 1.807) is 20.8 Å². The molecule has 2 rings (SSSR count). The quantitative estimate of drug-likeness (QED) is 0.425. The highest BCUT2D eigenvalue weighted by Gasteiger charge is 2.56. The van der Waals surface area contributed by atoms with E-state index >= 15 is 0 Å². The fourth-order valence-electron chi connectivity index (χ4n) is 2.70. The van der Waals surface area contributed by atoms with Crippen molar-refractivity contribution >= 4 is 34.9 Å². The summed E-state index contributed by atoms with van der Waals surface area (Å²) >= 11 is 5.36. The van der Waals surface area contributed by atoms with Crippen LogP contribution in [-0.4, -0.2) is 59.1 Å². The lowest BCUT2D eigenvalue weighted by Gasteiger charge is -2.49. The highest BCUT2D eigenvalue weighted by Crippen LogP contribution is 2.37. The molecule has 1 fully saturated rings. The number of hydrogen-bond donors (Lipinski definition) is 0. The molecule has 0 saturated carbocycles. The molecule has 0 bridgehead atoms. The molecule has 1 unspecified atom stereocenters. The minimum Gasteiger partial charge on any atom is -0.461 e. The number of rotatable bonds is 4. The molecule has 0 aromatic carbocycles. The van der Waals surface area contributed by atoms with Crippen molar-refractivity contribution in [3.63, 3.8) is 0 Å². The van der Waals surface area contributed by atoms with Crippen molar-refractivity contribution in [1.29, 1.82) is 0 Å². The van der Waals surface area contributed by atoms with Gasteiger partial charge < -0.3 is 14.2 Å². The van der Waals surface area contributed by atoms with Gasteiger partial charge in [0.2, 0.25) is 0 Å². The number of fused-ring (bicyclic) bond motifs is 1. The molecule has 7 nitrogen and oxygen atoms in total. The Morgan fingerprint density at radius 2 is 1.96 bits per heavy atom. The number of carbonyl (C=O) groups is 3. The van der Waals surface area contributed by atoms with E-state index in [0.29, 0.717) is 10.4 Å². The summed E-state index contributed by atoms with van der Waals surface area (Å²) in [5.41, 5.74) is -0.162. The van der Waals surface area contributed by atoms with Crippen molar-refractivity contribution in [1.82, 2.24) is 4.90 Å². The number of nitrogens with zero attached hydrogens (tertiary/aromatic N) is 1. The van der Waals surface area contributed by atoms with Gasteiger partial charge in [-0.15, -0.1) is 0 Å². The largest absolute Gasteiger partial charge is 0.461 e. The molecule has 1 amide bonds. The first-order valence-corrected chi connectivity index (χ1v) is 7.95. The molecule has 0 radical (unpaired) electrons. The van der Waals surface area contributed by atoms with Gasteiger partial charge in [-0.3, -0.25) is 14.5 Å². The van der Waals surface area contributed by atoms with Crippen molar-refractivity contribution in [3.8, 4) is 0 Å². The number of ether oxygens (including phenoxy) is 3. The van der Waals surface area contributed by atoms with Crippen molar-refractivity contribution in [2.75, 3.05) is 13.7 Å². The molecule has 1 saturated heterocycles. The molecular weight excluding hydrogens is 334 g/mol. The summed E-state index contributed by atoms with van der Waals surface area (Å²) in [6, 6.07) is -0.471. The normalized spacial score (nSPS) is 23.6. The van der Waals surface area contributed by atoms with Gasteiger partial charge in [0.25, 0.3) is 5.91 Å². The zero-order valence-electron chi connectivity index (χ0n) is 14.4. The number of β-lactam (4-membered cyclic amide) rings is 1. The van der Waals surface area contributed by atoms with E-state index in [9.17, 15) is 14.4 Å². The highest BCUT2D eigenvalue weighted by molar-refractivity contribution is 7.80. The summed E-state index contributed by atoms with van der Waals surface area (Å²) in [6.07, 6.45) is -0.420. The lowest BCUT2D eigenvalue weighted by molar-refractivity contribution is -0.168. The Balaban J connectivity index is 2.40. The summed E-state index contributed by atoms with van der Waals surface area (Å²) in [5, 5.41) is 0. The van der Waals surface area contributed by atoms with Gasteiger partial charge in [0, 0.05) is 30.9 Å². The van der Waals surface area contributed by atoms with Crippen LogP contribution in [-0.2, 0) is 28.6 Å². The summed E-state index contributed by atoms with van der Waals surface area (Å²) in [4.78, 5) is 37.9. The van der Waals surface area contributed by atoms with Crippen LogP contribution in [0.3, 0.4) is 0 Å². The molecule has 2 aliphatic heterocycles. The molecule has 0 aromatic rings. The molecule has 8 heteroatoms. The molecule has 0 aliphatic carbocycles. The number of carbonyl (C=O) groups excluding carboxylic acids is 3. The van der Waals surface area contributed by atoms with Gasteiger partial charge in [0.1, 0.15) is 23.9 Å². The van der Waals surface area contributed by atoms with Crippen LogP contribution >= 0.6 is 12.2 Å². The van der Waals surface area contributed by atoms with Crippen LogP contribution in [0.1, 0.15) is 34.1 Å². The summed E-state index contributed by atoms with van der Waals surface area (Å²) in [7, 11) is 1.42. The van der Waals surface area contributed by atoms with E-state index < -0.39 is 29.7 Å². The third-order valence-electron chi connectivity index (χ3n) is 3.63. The second kappa shape index (κ2) is 6.60. The predicted molar refractivity (Wildman–Crippen MR) is 88.2 cm³/mol. The zero-order valence-corrected chi connectivity index (χ0v) is 15.2. The molecule has 132 valence electrons. The molecule has 2 aliphatic rings. The van der Waals surface area contributed by atoms with E-state index in [-0.39, 0.29) is 24.6 Å². The summed E-state index contributed by atoms with van der Waals surface area (Å²) in [6.45, 7) is 6.36. The number of methoxy groups -OCH3 is 1. The Hall–Kier alpha value is -1.80. The van der Waals surface area contributed by atoms with Crippen LogP contribution in [0.25, 0.3) is 0 Å². The average Bonchev–Trinajstić information content (AvgIpc) is 2.43. The molecule has 0 aromatic heterocycles. The van der Waals surface area contributed by atoms with Gasteiger partial charge in [0.15, 0.2) is 6.10 Å². The van der Waals surface area contributed by atoms with Crippen LogP contribution in [0.5, 0.6) is 0 Å². The molecule has 2 atom stereocenters. The lowest BCUT2D eigenvalue weighted by atomic mass is 9.85. The van der Waals surface area contributed by atoms with Gasteiger partial charge in [-0.1, -0.05) is 12.2 Å². The van der Waals surface area contributed by atoms with Crippen molar-refractivity contribution < 1.29 is 28.6 Å². The van der Waals surface area contributed by atoms with Crippen molar-refractivity contribution in [2.45, 2.75) is 51.9 Å². The van der Waals surface area contributed by atoms with Crippen LogP contribution in [0.2, 0.25) is 0 Å². The molecule has 0 N–H and O–H groups in total. The Morgan fingerprint density at radius 3 is 2.46 bits per heavy atom. The van der Waals surface area contributed by atoms with Crippen LogP contribution in [0, 0.1) is 0 Å². The van der Waals surface area contributed by atoms with Crippen LogP contribution < -0.4 is 0 Å². The minimum absolute atomic E-state index is 0.100. The van der Waals surface area contributed by atoms with E-state index in [1.165, 1.54) is 18.9 Å². The maximum Gasteiger partial charge on any atom is 0.355 e. The van der Waals surface area contributed by atoms with Gasteiger partial charge in [-0.05, 0) is 20.8 Å². The van der Waals surface area contributed by atoms with Gasteiger partial charge in [-0.25, -0.2) is 4.79 Å². The zero-order chi connectivity index (χ0) is 18.2. The second-order valence-corrected chi connectivity index (χ2v) is 7.21. The first kappa shape index (κ1) is 18.5. The third-order valence-corrected chi connectivity index (χ3v) is 4.02. The first-order chi connectivity index (χ1) is 11.1. The second-order valence-electron chi connectivity index (χ2n) is 6.69. The number of amides is 1. The molecule has 2 heterocycles. The van der Waals surface area contributed by atoms with E-state index in [2.05, 4.69) is 0 Å². The van der Waals surface area contributed by atoms with E-state index in [4.69, 9.17) is 26.4 Å². The standard InChI is InChI=1S/C16H21NO6S/c1-8(18)22-7-9-6-10(24)12-13(21-5)14(19)17(12)11(9)15(20)23-16(2,3)4/h12-13H,6-7H2,1-5H3/t12?,13-/m0/s1. The fraction of sp³-hybridized carbons (Fsp3) is 0.625. The number of hydrogen-bond acceptors (Lipinski definition) is 7. The Morgan fingerprint density at radius 1 is 1.33 bits per heavy atom. The lowest BCUT2D eigenvalue weighted by Crippen LogP contribution is -2.70. The van der Waals surface area contributed by atoms with Crippen molar-refractivity contribution in [3.05, 3.63) is 11.3 Å². The Bertz CT molecular complexity index is 633. The topological polar surface area (TPSA) is 82.1 Å². The van der Waals surface area contributed by atoms with E-state index in [1.807, 2.05) is 0 Å². The van der Waals surface area contributed by atoms with E-state index in [0.717, 1.165) is 0 Å².